The number of rotatable bonds is 10. The molecule has 154 valence electrons. The summed E-state index contributed by atoms with van der Waals surface area (Å²) in [4.78, 5) is 14.8. The van der Waals surface area contributed by atoms with E-state index in [9.17, 15) is 9.90 Å². The quantitative estimate of drug-likeness (QED) is 0.313. The van der Waals surface area contributed by atoms with Gasteiger partial charge in [0, 0.05) is 16.9 Å². The lowest BCUT2D eigenvalue weighted by Gasteiger charge is -2.34. The number of aliphatic hydroxyl groups excluding tert-OH is 1. The van der Waals surface area contributed by atoms with Crippen LogP contribution in [-0.2, 0) is 9.53 Å². The molecule has 0 aliphatic carbocycles. The van der Waals surface area contributed by atoms with Crippen molar-refractivity contribution in [2.45, 2.75) is 44.4 Å². The second-order valence-electron chi connectivity index (χ2n) is 7.04. The van der Waals surface area contributed by atoms with E-state index in [2.05, 4.69) is 21.9 Å². The maximum atomic E-state index is 13.0. The summed E-state index contributed by atoms with van der Waals surface area (Å²) in [6.45, 7) is 2.24. The molecule has 0 saturated heterocycles. The fraction of sp³-hybridized carbons (Fsp3) is 0.375. The SMILES string of the molecule is C#CCCCCOC(=O)C(c1ccc(Br)cc1)N(C)[C@@H](C)[C@H](O)c1ccccc1. The maximum Gasteiger partial charge on any atom is 0.328 e. The molecule has 0 aliphatic rings. The molecule has 0 heterocycles. The predicted octanol–water partition coefficient (Wildman–Crippen LogP) is 4.89. The molecule has 0 radical (unpaired) electrons. The van der Waals surface area contributed by atoms with Gasteiger partial charge in [-0.05, 0) is 50.1 Å². The Kier molecular flexibility index (Phi) is 9.40. The lowest BCUT2D eigenvalue weighted by atomic mass is 9.98. The zero-order chi connectivity index (χ0) is 21.2. The number of benzene rings is 2. The van der Waals surface area contributed by atoms with Gasteiger partial charge >= 0.3 is 5.97 Å². The number of hydrogen-bond acceptors (Lipinski definition) is 4. The second kappa shape index (κ2) is 11.8. The van der Waals surface area contributed by atoms with Crippen LogP contribution in [0.5, 0.6) is 0 Å². The van der Waals surface area contributed by atoms with Gasteiger partial charge in [0.1, 0.15) is 6.04 Å². The molecule has 2 aromatic rings. The van der Waals surface area contributed by atoms with Crippen molar-refractivity contribution >= 4 is 21.9 Å². The molecule has 0 aliphatic heterocycles. The Bertz CT molecular complexity index is 801. The largest absolute Gasteiger partial charge is 0.464 e. The highest BCUT2D eigenvalue weighted by Gasteiger charge is 2.33. The normalized spacial score (nSPS) is 14.1. The Morgan fingerprint density at radius 3 is 2.41 bits per heavy atom. The summed E-state index contributed by atoms with van der Waals surface area (Å²) in [7, 11) is 1.84. The van der Waals surface area contributed by atoms with E-state index in [1.165, 1.54) is 0 Å². The summed E-state index contributed by atoms with van der Waals surface area (Å²) in [6.07, 6.45) is 6.76. The molecular formula is C24H28BrNO3. The van der Waals surface area contributed by atoms with E-state index < -0.39 is 12.1 Å². The molecule has 0 saturated carbocycles. The number of unbranched alkanes of at least 4 members (excludes halogenated alkanes) is 2. The highest BCUT2D eigenvalue weighted by atomic mass is 79.9. The third kappa shape index (κ3) is 6.71. The van der Waals surface area contributed by atoms with Crippen LogP contribution >= 0.6 is 15.9 Å². The fourth-order valence-corrected chi connectivity index (χ4v) is 3.41. The minimum absolute atomic E-state index is 0.306. The monoisotopic (exact) mass is 457 g/mol. The highest BCUT2D eigenvalue weighted by molar-refractivity contribution is 9.10. The number of ether oxygens (including phenoxy) is 1. The molecule has 0 spiro atoms. The molecule has 1 unspecified atom stereocenters. The number of likely N-dealkylation sites (N-methyl/N-ethyl adjacent to an activating group) is 1. The van der Waals surface area contributed by atoms with Crippen LogP contribution in [0.4, 0.5) is 0 Å². The number of halogens is 1. The minimum Gasteiger partial charge on any atom is -0.464 e. The van der Waals surface area contributed by atoms with E-state index in [0.29, 0.717) is 13.0 Å². The first-order valence-electron chi connectivity index (χ1n) is 9.76. The highest BCUT2D eigenvalue weighted by Crippen LogP contribution is 2.29. The van der Waals surface area contributed by atoms with E-state index in [0.717, 1.165) is 28.4 Å². The standard InChI is InChI=1S/C24H28BrNO3/c1-4-5-6-10-17-29-24(28)22(19-13-15-21(25)16-14-19)26(3)18(2)23(27)20-11-8-7-9-12-20/h1,7-9,11-16,18,22-23,27H,5-6,10,17H2,2-3H3/t18-,22?,23-/m0/s1. The van der Waals surface area contributed by atoms with Gasteiger partial charge in [0.2, 0.25) is 0 Å². The number of carbonyl (C=O) groups excluding carboxylic acids is 1. The van der Waals surface area contributed by atoms with Crippen molar-refractivity contribution in [3.63, 3.8) is 0 Å². The van der Waals surface area contributed by atoms with E-state index in [4.69, 9.17) is 11.2 Å². The molecule has 2 rings (SSSR count). The summed E-state index contributed by atoms with van der Waals surface area (Å²) in [5.41, 5.74) is 1.63. The van der Waals surface area contributed by atoms with Crippen molar-refractivity contribution in [1.82, 2.24) is 4.90 Å². The van der Waals surface area contributed by atoms with Crippen LogP contribution in [0.3, 0.4) is 0 Å². The van der Waals surface area contributed by atoms with Crippen molar-refractivity contribution in [1.29, 1.82) is 0 Å². The van der Waals surface area contributed by atoms with E-state index in [1.807, 2.05) is 73.5 Å². The molecule has 4 nitrogen and oxygen atoms in total. The van der Waals surface area contributed by atoms with Crippen molar-refractivity contribution in [2.75, 3.05) is 13.7 Å². The van der Waals surface area contributed by atoms with Crippen LogP contribution in [0, 0.1) is 12.3 Å². The molecule has 1 N–H and O–H groups in total. The van der Waals surface area contributed by atoms with Crippen molar-refractivity contribution in [3.05, 3.63) is 70.2 Å². The molecule has 29 heavy (non-hydrogen) atoms. The Balaban J connectivity index is 2.18. The lowest BCUT2D eigenvalue weighted by molar-refractivity contribution is -0.151. The Morgan fingerprint density at radius 2 is 1.79 bits per heavy atom. The third-order valence-corrected chi connectivity index (χ3v) is 5.55. The van der Waals surface area contributed by atoms with Gasteiger partial charge in [-0.1, -0.05) is 58.4 Å². The molecule has 0 aromatic heterocycles. The van der Waals surface area contributed by atoms with Crippen molar-refractivity contribution < 1.29 is 14.6 Å². The van der Waals surface area contributed by atoms with Gasteiger partial charge in [0.25, 0.3) is 0 Å². The predicted molar refractivity (Wildman–Crippen MR) is 119 cm³/mol. The van der Waals surface area contributed by atoms with Gasteiger partial charge in [-0.25, -0.2) is 4.79 Å². The Morgan fingerprint density at radius 1 is 1.14 bits per heavy atom. The topological polar surface area (TPSA) is 49.8 Å². The van der Waals surface area contributed by atoms with Gasteiger partial charge in [0.15, 0.2) is 0 Å². The fourth-order valence-electron chi connectivity index (χ4n) is 3.15. The lowest BCUT2D eigenvalue weighted by Crippen LogP contribution is -2.41. The van der Waals surface area contributed by atoms with Crippen molar-refractivity contribution in [3.8, 4) is 12.3 Å². The molecule has 3 atom stereocenters. The molecule has 0 bridgehead atoms. The number of carbonyl (C=O) groups is 1. The first-order chi connectivity index (χ1) is 14.0. The van der Waals surface area contributed by atoms with Gasteiger partial charge in [0.05, 0.1) is 12.7 Å². The maximum absolute atomic E-state index is 13.0. The number of hydrogen-bond donors (Lipinski definition) is 1. The molecular weight excluding hydrogens is 430 g/mol. The van der Waals surface area contributed by atoms with Crippen LogP contribution in [0.2, 0.25) is 0 Å². The molecule has 2 aromatic carbocycles. The Labute approximate surface area is 182 Å². The summed E-state index contributed by atoms with van der Waals surface area (Å²) in [5.74, 6) is 2.26. The minimum atomic E-state index is -0.734. The molecule has 0 fully saturated rings. The third-order valence-electron chi connectivity index (χ3n) is 5.02. The van der Waals surface area contributed by atoms with Crippen LogP contribution in [0.1, 0.15) is 49.5 Å². The van der Waals surface area contributed by atoms with Gasteiger partial charge in [-0.2, -0.15) is 0 Å². The first-order valence-corrected chi connectivity index (χ1v) is 10.6. The van der Waals surface area contributed by atoms with Crippen LogP contribution in [0.25, 0.3) is 0 Å². The first kappa shape index (κ1) is 23.2. The second-order valence-corrected chi connectivity index (χ2v) is 7.96. The summed E-state index contributed by atoms with van der Waals surface area (Å²) in [5, 5.41) is 10.8. The molecule has 0 amide bonds. The Hall–Kier alpha value is -2.13. The summed E-state index contributed by atoms with van der Waals surface area (Å²) in [6, 6.07) is 16.1. The van der Waals surface area contributed by atoms with E-state index >= 15 is 0 Å². The zero-order valence-corrected chi connectivity index (χ0v) is 18.5. The van der Waals surface area contributed by atoms with E-state index in [-0.39, 0.29) is 12.0 Å². The average Bonchev–Trinajstić information content (AvgIpc) is 2.74. The van der Waals surface area contributed by atoms with E-state index in [1.54, 1.807) is 0 Å². The van der Waals surface area contributed by atoms with Crippen LogP contribution in [-0.4, -0.2) is 35.7 Å². The summed E-state index contributed by atoms with van der Waals surface area (Å²) < 4.78 is 6.48. The molecule has 5 heteroatoms. The number of aliphatic hydroxyl groups is 1. The number of nitrogens with zero attached hydrogens (tertiary/aromatic N) is 1. The van der Waals surface area contributed by atoms with Gasteiger partial charge in [-0.15, -0.1) is 12.3 Å². The number of terminal acetylenes is 1. The van der Waals surface area contributed by atoms with Gasteiger partial charge < -0.3 is 9.84 Å². The van der Waals surface area contributed by atoms with Crippen LogP contribution < -0.4 is 0 Å². The number of esters is 1. The average molecular weight is 458 g/mol. The van der Waals surface area contributed by atoms with Gasteiger partial charge in [-0.3, -0.25) is 4.90 Å². The van der Waals surface area contributed by atoms with Crippen molar-refractivity contribution in [2.24, 2.45) is 0 Å². The van der Waals surface area contributed by atoms with Crippen LogP contribution in [0.15, 0.2) is 59.1 Å². The smallest absolute Gasteiger partial charge is 0.328 e. The summed E-state index contributed by atoms with van der Waals surface area (Å²) >= 11 is 3.43. The zero-order valence-electron chi connectivity index (χ0n) is 16.9.